The fraction of sp³-hybridized carbons (Fsp3) is 0.500. The molecule has 1 saturated heterocycles. The van der Waals surface area contributed by atoms with E-state index in [9.17, 15) is 14.9 Å². The first-order valence-corrected chi connectivity index (χ1v) is 9.59. The largest absolute Gasteiger partial charge is 0.390 e. The molecule has 28 heavy (non-hydrogen) atoms. The predicted octanol–water partition coefficient (Wildman–Crippen LogP) is 2.39. The zero-order valence-corrected chi connectivity index (χ0v) is 16.7. The molecule has 8 nitrogen and oxygen atoms in total. The van der Waals surface area contributed by atoms with Gasteiger partial charge in [0.1, 0.15) is 0 Å². The number of amides is 1. The highest BCUT2D eigenvalue weighted by Crippen LogP contribution is 2.16. The molecule has 1 aromatic carbocycles. The first-order valence-electron chi connectivity index (χ1n) is 9.59. The van der Waals surface area contributed by atoms with Gasteiger partial charge in [0.25, 0.3) is 0 Å². The van der Waals surface area contributed by atoms with Gasteiger partial charge in [-0.15, -0.1) is 0 Å². The summed E-state index contributed by atoms with van der Waals surface area (Å²) >= 11 is 0. The van der Waals surface area contributed by atoms with Crippen molar-refractivity contribution >= 4 is 11.7 Å². The van der Waals surface area contributed by atoms with Gasteiger partial charge in [-0.3, -0.25) is 9.69 Å². The number of benzene rings is 1. The van der Waals surface area contributed by atoms with E-state index in [2.05, 4.69) is 41.2 Å². The summed E-state index contributed by atoms with van der Waals surface area (Å²) in [7, 11) is 0. The van der Waals surface area contributed by atoms with Crippen LogP contribution in [0.4, 0.5) is 5.82 Å². The molecule has 1 atom stereocenters. The number of piperazine rings is 1. The van der Waals surface area contributed by atoms with Crippen molar-refractivity contribution in [3.63, 3.8) is 0 Å². The highest BCUT2D eigenvalue weighted by Gasteiger charge is 2.27. The van der Waals surface area contributed by atoms with Crippen molar-refractivity contribution < 1.29 is 9.72 Å². The van der Waals surface area contributed by atoms with Crippen LogP contribution in [0.3, 0.4) is 0 Å². The molecule has 2 heterocycles. The van der Waals surface area contributed by atoms with Gasteiger partial charge in [-0.2, -0.15) is 4.68 Å². The molecule has 1 unspecified atom stereocenters. The summed E-state index contributed by atoms with van der Waals surface area (Å²) in [6, 6.07) is 9.94. The van der Waals surface area contributed by atoms with Gasteiger partial charge in [-0.05, 0) is 24.3 Å². The lowest BCUT2D eigenvalue weighted by molar-refractivity contribution is -0.389. The average molecular weight is 385 g/mol. The van der Waals surface area contributed by atoms with E-state index in [4.69, 9.17) is 0 Å². The Balaban J connectivity index is 1.52. The summed E-state index contributed by atoms with van der Waals surface area (Å²) in [5, 5.41) is 14.8. The monoisotopic (exact) mass is 385 g/mol. The van der Waals surface area contributed by atoms with Gasteiger partial charge in [0.2, 0.25) is 5.91 Å². The van der Waals surface area contributed by atoms with Crippen LogP contribution in [0.15, 0.2) is 30.3 Å². The molecule has 3 rings (SSSR count). The normalized spacial score (nSPS) is 16.2. The van der Waals surface area contributed by atoms with Gasteiger partial charge >= 0.3 is 5.82 Å². The summed E-state index contributed by atoms with van der Waals surface area (Å²) in [6.45, 7) is 10.1. The molecular formula is C20H27N5O3. The predicted molar refractivity (Wildman–Crippen MR) is 106 cm³/mol. The van der Waals surface area contributed by atoms with Crippen LogP contribution < -0.4 is 0 Å². The minimum absolute atomic E-state index is 0.0766. The summed E-state index contributed by atoms with van der Waals surface area (Å²) < 4.78 is 1.55. The van der Waals surface area contributed by atoms with Crippen LogP contribution in [0.1, 0.15) is 23.7 Å². The quantitative estimate of drug-likeness (QED) is 0.563. The molecule has 1 aliphatic heterocycles. The molecule has 0 radical (unpaired) electrons. The van der Waals surface area contributed by atoms with Crippen molar-refractivity contribution in [1.29, 1.82) is 0 Å². The Morgan fingerprint density at radius 2 is 1.93 bits per heavy atom. The molecule has 1 aliphatic rings. The Labute approximate surface area is 164 Å². The first-order chi connectivity index (χ1) is 13.3. The van der Waals surface area contributed by atoms with E-state index in [-0.39, 0.29) is 17.6 Å². The Morgan fingerprint density at radius 1 is 1.21 bits per heavy atom. The van der Waals surface area contributed by atoms with Crippen molar-refractivity contribution in [2.75, 3.05) is 26.2 Å². The zero-order valence-electron chi connectivity index (χ0n) is 16.7. The minimum atomic E-state index is -0.510. The van der Waals surface area contributed by atoms with Crippen molar-refractivity contribution in [3.05, 3.63) is 57.3 Å². The molecule has 0 saturated carbocycles. The Bertz CT molecular complexity index is 855. The van der Waals surface area contributed by atoms with Crippen LogP contribution in [0.5, 0.6) is 0 Å². The molecule has 1 aromatic heterocycles. The zero-order chi connectivity index (χ0) is 20.3. The lowest BCUT2D eigenvalue weighted by Crippen LogP contribution is -2.50. The number of aryl methyl sites for hydroxylation is 2. The molecule has 0 N–H and O–H groups in total. The van der Waals surface area contributed by atoms with Crippen LogP contribution in [0.2, 0.25) is 0 Å². The molecule has 1 amide bonds. The molecule has 150 valence electrons. The number of carbonyl (C=O) groups is 1. The Kier molecular flexibility index (Phi) is 6.08. The molecule has 0 bridgehead atoms. The van der Waals surface area contributed by atoms with Gasteiger partial charge in [0.15, 0.2) is 0 Å². The van der Waals surface area contributed by atoms with E-state index in [1.807, 2.05) is 11.8 Å². The number of nitrogens with zero attached hydrogens (tertiary/aromatic N) is 5. The van der Waals surface area contributed by atoms with E-state index < -0.39 is 4.92 Å². The van der Waals surface area contributed by atoms with E-state index in [0.29, 0.717) is 25.3 Å². The van der Waals surface area contributed by atoms with Crippen LogP contribution in [0.25, 0.3) is 0 Å². The van der Waals surface area contributed by atoms with Crippen LogP contribution in [-0.2, 0) is 17.9 Å². The number of nitro groups is 1. The molecule has 2 aromatic rings. The second-order valence-corrected chi connectivity index (χ2v) is 7.57. The van der Waals surface area contributed by atoms with E-state index in [0.717, 1.165) is 19.6 Å². The fourth-order valence-corrected chi connectivity index (χ4v) is 3.61. The smallest absolute Gasteiger partial charge is 0.358 e. The molecule has 8 heteroatoms. The number of aromatic nitrogens is 2. The highest BCUT2D eigenvalue weighted by molar-refractivity contribution is 5.78. The van der Waals surface area contributed by atoms with E-state index in [1.165, 1.54) is 17.2 Å². The van der Waals surface area contributed by atoms with Crippen molar-refractivity contribution in [2.45, 2.75) is 33.9 Å². The topological polar surface area (TPSA) is 84.5 Å². The van der Waals surface area contributed by atoms with Gasteiger partial charge in [-0.25, -0.2) is 0 Å². The van der Waals surface area contributed by atoms with Crippen LogP contribution in [-0.4, -0.2) is 56.6 Å². The van der Waals surface area contributed by atoms with Crippen LogP contribution in [0, 0.1) is 29.9 Å². The lowest BCUT2D eigenvalue weighted by atomic mass is 10.1. The van der Waals surface area contributed by atoms with Crippen molar-refractivity contribution in [2.24, 2.45) is 5.92 Å². The second-order valence-electron chi connectivity index (χ2n) is 7.57. The van der Waals surface area contributed by atoms with Crippen molar-refractivity contribution in [1.82, 2.24) is 19.6 Å². The molecule has 1 fully saturated rings. The first kappa shape index (κ1) is 20.0. The molecule has 0 spiro atoms. The average Bonchev–Trinajstić information content (AvgIpc) is 3.02. The molecule has 0 aliphatic carbocycles. The van der Waals surface area contributed by atoms with Gasteiger partial charge < -0.3 is 15.0 Å². The SMILES string of the molecule is Cc1cccc(CN2CCN(C(=O)C(C)Cn3nc([N+](=O)[O-])cc3C)CC2)c1. The lowest BCUT2D eigenvalue weighted by Gasteiger charge is -2.36. The summed E-state index contributed by atoms with van der Waals surface area (Å²) in [5.41, 5.74) is 3.24. The van der Waals surface area contributed by atoms with Gasteiger partial charge in [0.05, 0.1) is 29.3 Å². The summed E-state index contributed by atoms with van der Waals surface area (Å²) in [5.74, 6) is -0.379. The minimum Gasteiger partial charge on any atom is -0.358 e. The fourth-order valence-electron chi connectivity index (χ4n) is 3.61. The number of hydrogen-bond acceptors (Lipinski definition) is 5. The summed E-state index contributed by atoms with van der Waals surface area (Å²) in [6.07, 6.45) is 0. The standard InChI is InChI=1S/C20H27N5O3/c1-15-5-4-6-18(11-15)14-22-7-9-23(10-8-22)20(26)16(2)13-24-17(3)12-19(21-24)25(27)28/h4-6,11-12,16H,7-10,13-14H2,1-3H3. The third-order valence-corrected chi connectivity index (χ3v) is 5.20. The van der Waals surface area contributed by atoms with Crippen LogP contribution >= 0.6 is 0 Å². The van der Waals surface area contributed by atoms with E-state index in [1.54, 1.807) is 11.6 Å². The number of carbonyl (C=O) groups excluding carboxylic acids is 1. The highest BCUT2D eigenvalue weighted by atomic mass is 16.6. The third kappa shape index (κ3) is 4.75. The number of rotatable bonds is 6. The Morgan fingerprint density at radius 3 is 2.54 bits per heavy atom. The maximum Gasteiger partial charge on any atom is 0.390 e. The maximum absolute atomic E-state index is 12.8. The summed E-state index contributed by atoms with van der Waals surface area (Å²) in [4.78, 5) is 27.4. The second kappa shape index (κ2) is 8.52. The van der Waals surface area contributed by atoms with Gasteiger partial charge in [-0.1, -0.05) is 36.8 Å². The Hall–Kier alpha value is -2.74. The third-order valence-electron chi connectivity index (χ3n) is 5.20. The number of hydrogen-bond donors (Lipinski definition) is 0. The van der Waals surface area contributed by atoms with Gasteiger partial charge in [0, 0.05) is 32.7 Å². The molecular weight excluding hydrogens is 358 g/mol. The van der Waals surface area contributed by atoms with Crippen molar-refractivity contribution in [3.8, 4) is 0 Å². The van der Waals surface area contributed by atoms with E-state index >= 15 is 0 Å². The maximum atomic E-state index is 12.8.